The topological polar surface area (TPSA) is 49.3 Å². The third-order valence-electron chi connectivity index (χ3n) is 5.15. The van der Waals surface area contributed by atoms with Gasteiger partial charge in [-0.2, -0.15) is 0 Å². The fourth-order valence-corrected chi connectivity index (χ4v) is 3.69. The molecule has 1 atom stereocenters. The molecule has 2 aliphatic rings. The van der Waals surface area contributed by atoms with Gasteiger partial charge in [-0.25, -0.2) is 9.97 Å². The minimum Gasteiger partial charge on any atom is -0.338 e. The predicted molar refractivity (Wildman–Crippen MR) is 98.6 cm³/mol. The number of rotatable bonds is 2. The van der Waals surface area contributed by atoms with Crippen LogP contribution in [0.4, 0.5) is 5.95 Å². The highest BCUT2D eigenvalue weighted by Crippen LogP contribution is 2.32. The lowest BCUT2D eigenvalue weighted by molar-refractivity contribution is 0.0962. The lowest BCUT2D eigenvalue weighted by Gasteiger charge is -2.33. The molecular weight excluding hydrogens is 336 g/mol. The molecule has 1 saturated heterocycles. The van der Waals surface area contributed by atoms with E-state index in [1.807, 2.05) is 24.3 Å². The van der Waals surface area contributed by atoms with Crippen LogP contribution < -0.4 is 4.90 Å². The van der Waals surface area contributed by atoms with Crippen LogP contribution in [0.15, 0.2) is 30.5 Å². The van der Waals surface area contributed by atoms with Crippen LogP contribution >= 0.6 is 11.6 Å². The van der Waals surface area contributed by atoms with Gasteiger partial charge in [-0.3, -0.25) is 4.79 Å². The summed E-state index contributed by atoms with van der Waals surface area (Å²) in [5.41, 5.74) is 2.70. The number of benzene rings is 1. The van der Waals surface area contributed by atoms with Crippen molar-refractivity contribution in [3.63, 3.8) is 0 Å². The van der Waals surface area contributed by atoms with Crippen molar-refractivity contribution in [2.75, 3.05) is 38.1 Å². The minimum absolute atomic E-state index is 0.131. The summed E-state index contributed by atoms with van der Waals surface area (Å²) in [5, 5.41) is 0.714. The van der Waals surface area contributed by atoms with E-state index in [4.69, 9.17) is 16.6 Å². The molecule has 130 valence electrons. The summed E-state index contributed by atoms with van der Waals surface area (Å²) >= 11 is 5.98. The maximum Gasteiger partial charge on any atom is 0.225 e. The Morgan fingerprint density at radius 1 is 1.08 bits per heavy atom. The number of carbonyl (C=O) groups is 1. The van der Waals surface area contributed by atoms with E-state index in [0.29, 0.717) is 17.0 Å². The van der Waals surface area contributed by atoms with Crippen LogP contribution in [-0.2, 0) is 6.42 Å². The van der Waals surface area contributed by atoms with Gasteiger partial charge in [0.25, 0.3) is 0 Å². The molecule has 1 fully saturated rings. The molecule has 2 aromatic rings. The normalized spacial score (nSPS) is 21.3. The second-order valence-electron chi connectivity index (χ2n) is 6.90. The van der Waals surface area contributed by atoms with Crippen molar-refractivity contribution < 1.29 is 4.79 Å². The lowest BCUT2D eigenvalue weighted by Crippen LogP contribution is -2.45. The van der Waals surface area contributed by atoms with Gasteiger partial charge in [0, 0.05) is 43.8 Å². The van der Waals surface area contributed by atoms with Gasteiger partial charge in [-0.15, -0.1) is 0 Å². The molecule has 0 unspecified atom stereocenters. The molecule has 0 radical (unpaired) electrons. The van der Waals surface area contributed by atoms with E-state index in [9.17, 15) is 4.79 Å². The zero-order chi connectivity index (χ0) is 17.4. The van der Waals surface area contributed by atoms with E-state index in [1.165, 1.54) is 0 Å². The molecule has 0 bridgehead atoms. The number of hydrogen-bond acceptors (Lipinski definition) is 5. The fraction of sp³-hybridized carbons (Fsp3) is 0.421. The smallest absolute Gasteiger partial charge is 0.225 e. The Bertz CT molecular complexity index is 785. The summed E-state index contributed by atoms with van der Waals surface area (Å²) in [6.07, 6.45) is 2.99. The third-order valence-corrected chi connectivity index (χ3v) is 5.41. The van der Waals surface area contributed by atoms with E-state index in [2.05, 4.69) is 21.8 Å². The van der Waals surface area contributed by atoms with Crippen LogP contribution in [0, 0.1) is 0 Å². The van der Waals surface area contributed by atoms with Crippen molar-refractivity contribution in [2.24, 2.45) is 0 Å². The first kappa shape index (κ1) is 16.5. The number of likely N-dealkylation sites (N-methyl/N-ethyl adjacent to an activating group) is 1. The highest BCUT2D eigenvalue weighted by molar-refractivity contribution is 6.30. The Balaban J connectivity index is 1.59. The van der Waals surface area contributed by atoms with Gasteiger partial charge in [-0.1, -0.05) is 23.7 Å². The number of carbonyl (C=O) groups excluding carboxylic acids is 1. The van der Waals surface area contributed by atoms with Crippen LogP contribution in [0.1, 0.15) is 34.0 Å². The number of anilines is 1. The molecule has 5 nitrogen and oxygen atoms in total. The average Bonchev–Trinajstić information content (AvgIpc) is 2.62. The predicted octanol–water partition coefficient (Wildman–Crippen LogP) is 2.79. The van der Waals surface area contributed by atoms with E-state index < -0.39 is 0 Å². The fourth-order valence-electron chi connectivity index (χ4n) is 3.56. The summed E-state index contributed by atoms with van der Waals surface area (Å²) in [6, 6.07) is 7.78. The standard InChI is InChI=1S/C19H21ClN4O/c1-23-6-8-24(9-7-23)19-21-12-16-17(22-19)10-14(11-18(16)25)13-2-4-15(20)5-3-13/h2-5,12,14H,6-11H2,1H3/t14-/m0/s1. The summed E-state index contributed by atoms with van der Waals surface area (Å²) < 4.78 is 0. The number of hydrogen-bond donors (Lipinski definition) is 0. The summed E-state index contributed by atoms with van der Waals surface area (Å²) in [4.78, 5) is 26.3. The minimum atomic E-state index is 0.131. The number of aromatic nitrogens is 2. The molecule has 0 spiro atoms. The van der Waals surface area contributed by atoms with E-state index in [-0.39, 0.29) is 11.7 Å². The second-order valence-corrected chi connectivity index (χ2v) is 7.34. The maximum absolute atomic E-state index is 12.5. The number of nitrogens with zero attached hydrogens (tertiary/aromatic N) is 4. The van der Waals surface area contributed by atoms with Gasteiger partial charge in [0.1, 0.15) is 0 Å². The molecule has 2 heterocycles. The summed E-state index contributed by atoms with van der Waals surface area (Å²) in [5.74, 6) is 1.04. The third kappa shape index (κ3) is 3.39. The van der Waals surface area contributed by atoms with E-state index >= 15 is 0 Å². The summed E-state index contributed by atoms with van der Waals surface area (Å²) in [6.45, 7) is 3.85. The van der Waals surface area contributed by atoms with Gasteiger partial charge < -0.3 is 9.80 Å². The van der Waals surface area contributed by atoms with Crippen molar-refractivity contribution in [2.45, 2.75) is 18.8 Å². The zero-order valence-corrected chi connectivity index (χ0v) is 15.0. The van der Waals surface area contributed by atoms with Crippen molar-refractivity contribution >= 4 is 23.3 Å². The second kappa shape index (κ2) is 6.73. The highest BCUT2D eigenvalue weighted by atomic mass is 35.5. The first-order valence-corrected chi connectivity index (χ1v) is 9.06. The lowest BCUT2D eigenvalue weighted by atomic mass is 9.82. The highest BCUT2D eigenvalue weighted by Gasteiger charge is 2.29. The van der Waals surface area contributed by atoms with Crippen LogP contribution in [0.2, 0.25) is 5.02 Å². The molecule has 1 aliphatic carbocycles. The number of fused-ring (bicyclic) bond motifs is 1. The van der Waals surface area contributed by atoms with Crippen molar-refractivity contribution in [1.29, 1.82) is 0 Å². The van der Waals surface area contributed by atoms with E-state index in [1.54, 1.807) is 6.20 Å². The van der Waals surface area contributed by atoms with Crippen LogP contribution in [0.5, 0.6) is 0 Å². The van der Waals surface area contributed by atoms with Gasteiger partial charge in [-0.05, 0) is 37.1 Å². The first-order chi connectivity index (χ1) is 12.1. The van der Waals surface area contributed by atoms with Gasteiger partial charge in [0.15, 0.2) is 5.78 Å². The average molecular weight is 357 g/mol. The number of ketones is 1. The molecule has 1 aromatic carbocycles. The van der Waals surface area contributed by atoms with Crippen LogP contribution in [0.3, 0.4) is 0 Å². The Labute approximate surface area is 152 Å². The van der Waals surface area contributed by atoms with Gasteiger partial charge in [0.2, 0.25) is 5.95 Å². The Morgan fingerprint density at radius 3 is 2.52 bits per heavy atom. The molecule has 0 saturated carbocycles. The molecule has 0 amide bonds. The molecule has 0 N–H and O–H groups in total. The van der Waals surface area contributed by atoms with E-state index in [0.717, 1.165) is 49.8 Å². The molecule has 4 rings (SSSR count). The number of piperazine rings is 1. The van der Waals surface area contributed by atoms with Crippen LogP contribution in [-0.4, -0.2) is 53.9 Å². The zero-order valence-electron chi connectivity index (χ0n) is 14.3. The van der Waals surface area contributed by atoms with Crippen molar-refractivity contribution in [3.8, 4) is 0 Å². The molecule has 25 heavy (non-hydrogen) atoms. The van der Waals surface area contributed by atoms with Crippen molar-refractivity contribution in [1.82, 2.24) is 14.9 Å². The Morgan fingerprint density at radius 2 is 1.80 bits per heavy atom. The molecule has 6 heteroatoms. The monoisotopic (exact) mass is 356 g/mol. The van der Waals surface area contributed by atoms with Crippen molar-refractivity contribution in [3.05, 3.63) is 52.3 Å². The summed E-state index contributed by atoms with van der Waals surface area (Å²) in [7, 11) is 2.13. The number of Topliss-reactive ketones (excluding diaryl/α,β-unsaturated/α-hetero) is 1. The Hall–Kier alpha value is -1.98. The Kier molecular flexibility index (Phi) is 4.44. The quantitative estimate of drug-likeness (QED) is 0.828. The molecule has 1 aromatic heterocycles. The molecule has 1 aliphatic heterocycles. The SMILES string of the molecule is CN1CCN(c2ncc3c(n2)C[C@H](c2ccc(Cl)cc2)CC3=O)CC1. The number of halogens is 1. The largest absolute Gasteiger partial charge is 0.338 e. The van der Waals surface area contributed by atoms with Gasteiger partial charge >= 0.3 is 0 Å². The van der Waals surface area contributed by atoms with Crippen LogP contribution in [0.25, 0.3) is 0 Å². The maximum atomic E-state index is 12.5. The molecular formula is C19H21ClN4O. The van der Waals surface area contributed by atoms with Gasteiger partial charge in [0.05, 0.1) is 11.3 Å². The first-order valence-electron chi connectivity index (χ1n) is 8.68.